The van der Waals surface area contributed by atoms with Gasteiger partial charge in [0.2, 0.25) is 0 Å². The number of carboxylic acid groups (broad SMARTS) is 1. The highest BCUT2D eigenvalue weighted by Gasteiger charge is 1.95. The van der Waals surface area contributed by atoms with E-state index in [2.05, 4.69) is 4.74 Å². The lowest BCUT2D eigenvalue weighted by molar-refractivity contribution is -0.283. The first-order valence-electron chi connectivity index (χ1n) is 3.62. The Hall–Kier alpha value is -1.55. The zero-order chi connectivity index (χ0) is 10.8. The monoisotopic (exact) mass is 215 g/mol. The van der Waals surface area contributed by atoms with Crippen LogP contribution in [0, 0.1) is 0 Å². The van der Waals surface area contributed by atoms with E-state index in [0.717, 1.165) is 5.56 Å². The number of carbonyl (C=O) groups is 2. The summed E-state index contributed by atoms with van der Waals surface area (Å²) < 4.78 is 4.55. The minimum absolute atomic E-state index is 0.239. The Balaban J connectivity index is 0.000000500. The summed E-state index contributed by atoms with van der Waals surface area (Å²) in [5.74, 6) is 0. The lowest BCUT2D eigenvalue weighted by Crippen LogP contribution is -2.01. The van der Waals surface area contributed by atoms with Crippen molar-refractivity contribution < 1.29 is 19.4 Å². The van der Waals surface area contributed by atoms with Crippen molar-refractivity contribution in [3.8, 4) is 0 Å². The van der Waals surface area contributed by atoms with E-state index in [1.165, 1.54) is 0 Å². The third-order valence-corrected chi connectivity index (χ3v) is 1.30. The van der Waals surface area contributed by atoms with E-state index in [1.54, 1.807) is 0 Å². The van der Waals surface area contributed by atoms with Gasteiger partial charge in [0.15, 0.2) is 0 Å². The molecule has 0 spiro atoms. The summed E-state index contributed by atoms with van der Waals surface area (Å²) in [5.41, 5.74) is 0.162. The number of carbonyl (C=O) groups excluding carboxylic acids is 2. The predicted octanol–water partition coefficient (Wildman–Crippen LogP) is 0.928. The summed E-state index contributed by atoms with van der Waals surface area (Å²) in [6, 6.07) is 9.36. The molecule has 0 unspecified atom stereocenters. The van der Waals surface area contributed by atoms with Gasteiger partial charge in [-0.15, -0.1) is 0 Å². The molecule has 0 radical (unpaired) electrons. The molecule has 0 saturated heterocycles. The van der Waals surface area contributed by atoms with E-state index in [0.29, 0.717) is 0 Å². The fourth-order valence-corrected chi connectivity index (χ4v) is 0.769. The van der Waals surface area contributed by atoms with Gasteiger partial charge in [-0.2, -0.15) is 0 Å². The Labute approximate surface area is 86.1 Å². The van der Waals surface area contributed by atoms with Crippen molar-refractivity contribution in [1.29, 1.82) is 0 Å². The van der Waals surface area contributed by atoms with Crippen LogP contribution in [0.25, 0.3) is 0 Å². The number of halogens is 1. The van der Waals surface area contributed by atoms with Crippen LogP contribution in [-0.4, -0.2) is 11.9 Å². The van der Waals surface area contributed by atoms with Crippen LogP contribution in [0.4, 0.5) is 4.79 Å². The molecule has 0 amide bonds. The second-order valence-electron chi connectivity index (χ2n) is 2.11. The van der Waals surface area contributed by atoms with Gasteiger partial charge in [0.25, 0.3) is 0 Å². The van der Waals surface area contributed by atoms with Gasteiger partial charge < -0.3 is 14.6 Å². The van der Waals surface area contributed by atoms with Crippen molar-refractivity contribution in [3.05, 3.63) is 35.9 Å². The van der Waals surface area contributed by atoms with Gasteiger partial charge in [0, 0.05) is 18.1 Å². The number of benzene rings is 1. The quantitative estimate of drug-likeness (QED) is 0.544. The van der Waals surface area contributed by atoms with Gasteiger partial charge in [-0.25, -0.2) is 4.79 Å². The largest absolute Gasteiger partial charge is 0.554 e. The first-order valence-corrected chi connectivity index (χ1v) is 4.00. The molecule has 0 N–H and O–H groups in total. The Morgan fingerprint density at radius 3 is 2.36 bits per heavy atom. The topological polar surface area (TPSA) is 66.4 Å². The van der Waals surface area contributed by atoms with E-state index in [4.69, 9.17) is 21.5 Å². The summed E-state index contributed by atoms with van der Waals surface area (Å²) >= 11 is 4.97. The van der Waals surface area contributed by atoms with Gasteiger partial charge in [0.1, 0.15) is 6.61 Å². The minimum atomic E-state index is -0.770. The van der Waals surface area contributed by atoms with Crippen LogP contribution in [-0.2, 0) is 16.1 Å². The van der Waals surface area contributed by atoms with Crippen molar-refractivity contribution in [3.63, 3.8) is 0 Å². The maximum Gasteiger partial charge on any atom is 0.404 e. The maximum absolute atomic E-state index is 10.2. The normalized spacial score (nSPS) is 8.07. The first-order chi connectivity index (χ1) is 6.70. The molecule has 5 heteroatoms. The van der Waals surface area contributed by atoms with Crippen molar-refractivity contribution >= 4 is 23.5 Å². The second kappa shape index (κ2) is 8.07. The third kappa shape index (κ3) is 7.12. The minimum Gasteiger partial charge on any atom is -0.554 e. The molecular formula is C9H8ClO4-. The molecule has 0 atom stereocenters. The molecular weight excluding hydrogens is 208 g/mol. The number of rotatable bonds is 2. The van der Waals surface area contributed by atoms with Crippen molar-refractivity contribution in [2.75, 3.05) is 0 Å². The Morgan fingerprint density at radius 1 is 1.43 bits per heavy atom. The molecule has 0 fully saturated rings. The van der Waals surface area contributed by atoms with E-state index in [9.17, 15) is 4.79 Å². The van der Waals surface area contributed by atoms with Crippen LogP contribution in [0.1, 0.15) is 5.56 Å². The Kier molecular flexibility index (Phi) is 7.17. The summed E-state index contributed by atoms with van der Waals surface area (Å²) in [6.45, 7) is -0.261. The van der Waals surface area contributed by atoms with Crippen LogP contribution in [0.5, 0.6) is 0 Å². The molecule has 14 heavy (non-hydrogen) atoms. The standard InChI is InChI=1S/C8H7ClO2.CH2O2/c9-8(10)11-6-7-4-2-1-3-5-7;2-1-3/h1-5H,6H2;1H,(H,2,3)/p-1. The van der Waals surface area contributed by atoms with Crippen LogP contribution >= 0.6 is 11.6 Å². The summed E-state index contributed by atoms with van der Waals surface area (Å²) in [6.07, 6.45) is 0. The van der Waals surface area contributed by atoms with E-state index >= 15 is 0 Å². The average molecular weight is 216 g/mol. The third-order valence-electron chi connectivity index (χ3n) is 1.20. The summed E-state index contributed by atoms with van der Waals surface area (Å²) in [5, 5.41) is 8.25. The molecule has 76 valence electrons. The van der Waals surface area contributed by atoms with Crippen molar-refractivity contribution in [2.24, 2.45) is 0 Å². The zero-order valence-corrected chi connectivity index (χ0v) is 7.94. The number of hydrogen-bond acceptors (Lipinski definition) is 4. The summed E-state index contributed by atoms with van der Waals surface area (Å²) in [4.78, 5) is 18.4. The zero-order valence-electron chi connectivity index (χ0n) is 7.18. The molecule has 4 nitrogen and oxygen atoms in total. The average Bonchev–Trinajstić information content (AvgIpc) is 2.18. The molecule has 0 heterocycles. The lowest BCUT2D eigenvalue weighted by atomic mass is 10.2. The van der Waals surface area contributed by atoms with Crippen LogP contribution < -0.4 is 5.11 Å². The number of ether oxygens (including phenoxy) is 1. The SMILES string of the molecule is O=C(Cl)OCc1ccccc1.O=C[O-]. The van der Waals surface area contributed by atoms with E-state index in [1.807, 2.05) is 30.3 Å². The lowest BCUT2D eigenvalue weighted by Gasteiger charge is -1.98. The van der Waals surface area contributed by atoms with Gasteiger partial charge in [-0.05, 0) is 5.56 Å². The first kappa shape index (κ1) is 12.4. The molecule has 0 saturated carbocycles. The smallest absolute Gasteiger partial charge is 0.404 e. The maximum atomic E-state index is 10.2. The molecule has 1 rings (SSSR count). The molecule has 0 aliphatic rings. The fourth-order valence-electron chi connectivity index (χ4n) is 0.714. The van der Waals surface area contributed by atoms with Crippen LogP contribution in [0.3, 0.4) is 0 Å². The molecule has 1 aromatic rings. The molecule has 0 aliphatic heterocycles. The fraction of sp³-hybridized carbons (Fsp3) is 0.111. The van der Waals surface area contributed by atoms with Gasteiger partial charge in [0.05, 0.1) is 0 Å². The van der Waals surface area contributed by atoms with Gasteiger partial charge in [-0.1, -0.05) is 30.3 Å². The summed E-state index contributed by atoms with van der Waals surface area (Å²) in [7, 11) is 0. The highest BCUT2D eigenvalue weighted by molar-refractivity contribution is 6.61. The molecule has 0 aliphatic carbocycles. The molecule has 0 aromatic heterocycles. The highest BCUT2D eigenvalue weighted by atomic mass is 35.5. The van der Waals surface area contributed by atoms with Gasteiger partial charge >= 0.3 is 5.43 Å². The predicted molar refractivity (Wildman–Crippen MR) is 48.5 cm³/mol. The molecule has 1 aromatic carbocycles. The number of hydrogen-bond donors (Lipinski definition) is 0. The molecule has 0 bridgehead atoms. The van der Waals surface area contributed by atoms with Crippen LogP contribution in [0.15, 0.2) is 30.3 Å². The van der Waals surface area contributed by atoms with Gasteiger partial charge in [-0.3, -0.25) is 0 Å². The Morgan fingerprint density at radius 2 is 1.93 bits per heavy atom. The highest BCUT2D eigenvalue weighted by Crippen LogP contribution is 2.01. The van der Waals surface area contributed by atoms with E-state index < -0.39 is 11.9 Å². The Bertz CT molecular complexity index is 273. The van der Waals surface area contributed by atoms with Crippen LogP contribution in [0.2, 0.25) is 0 Å². The van der Waals surface area contributed by atoms with Crippen molar-refractivity contribution in [2.45, 2.75) is 6.61 Å². The second-order valence-corrected chi connectivity index (χ2v) is 2.42. The van der Waals surface area contributed by atoms with Crippen molar-refractivity contribution in [1.82, 2.24) is 0 Å². The van der Waals surface area contributed by atoms with E-state index in [-0.39, 0.29) is 6.61 Å².